The smallest absolute Gasteiger partial charge is 0.303 e. The number of nitrogens with zero attached hydrogens (tertiary/aromatic N) is 3. The number of unbranched alkanes of at least 4 members (excludes halogenated alkanes) is 1. The predicted octanol–water partition coefficient (Wildman–Crippen LogP) is 5.86. The summed E-state index contributed by atoms with van der Waals surface area (Å²) in [6.45, 7) is 2.69. The standard InChI is InChI=1S/C29H36FN3O3/c1-36-24-8-10-28-26(18-24)25(11-14-32-28)27(30)9-7-22-12-16-33(20-23(22)17-29(34)35)15-3-2-5-21-6-4-13-31-19-21/h4,6,8,10-11,13-14,18-19,22-23,27H,2-3,5,7,9,12,15-17,20H2,1H3,(H,34,35)/t22-,23+,27?/m1/s1. The molecule has 0 bridgehead atoms. The van der Waals surface area contributed by atoms with Gasteiger partial charge in [-0.3, -0.25) is 14.8 Å². The molecule has 3 aromatic rings. The van der Waals surface area contributed by atoms with Crippen molar-refractivity contribution < 1.29 is 19.0 Å². The summed E-state index contributed by atoms with van der Waals surface area (Å²) >= 11 is 0. The van der Waals surface area contributed by atoms with Crippen LogP contribution in [-0.2, 0) is 11.2 Å². The summed E-state index contributed by atoms with van der Waals surface area (Å²) in [5, 5.41) is 10.3. The van der Waals surface area contributed by atoms with Crippen LogP contribution in [0.4, 0.5) is 4.39 Å². The Balaban J connectivity index is 1.31. The summed E-state index contributed by atoms with van der Waals surface area (Å²) < 4.78 is 20.8. The van der Waals surface area contributed by atoms with Crippen molar-refractivity contribution in [1.82, 2.24) is 14.9 Å². The third-order valence-electron chi connectivity index (χ3n) is 7.44. The molecule has 1 saturated heterocycles. The highest BCUT2D eigenvalue weighted by molar-refractivity contribution is 5.83. The molecule has 36 heavy (non-hydrogen) atoms. The molecule has 7 heteroatoms. The van der Waals surface area contributed by atoms with E-state index in [0.717, 1.165) is 56.2 Å². The van der Waals surface area contributed by atoms with Gasteiger partial charge >= 0.3 is 5.97 Å². The van der Waals surface area contributed by atoms with Crippen LogP contribution in [-0.4, -0.2) is 52.7 Å². The van der Waals surface area contributed by atoms with Gasteiger partial charge in [-0.2, -0.15) is 0 Å². The van der Waals surface area contributed by atoms with Gasteiger partial charge in [0.15, 0.2) is 0 Å². The Kier molecular flexibility index (Phi) is 9.23. The molecular weight excluding hydrogens is 457 g/mol. The molecule has 2 aromatic heterocycles. The van der Waals surface area contributed by atoms with Crippen LogP contribution in [0.1, 0.15) is 55.8 Å². The summed E-state index contributed by atoms with van der Waals surface area (Å²) in [5.41, 5.74) is 2.62. The molecule has 1 aliphatic rings. The van der Waals surface area contributed by atoms with Crippen LogP contribution in [0, 0.1) is 11.8 Å². The van der Waals surface area contributed by atoms with Crippen molar-refractivity contribution in [3.05, 3.63) is 66.1 Å². The number of pyridine rings is 2. The van der Waals surface area contributed by atoms with E-state index in [2.05, 4.69) is 20.9 Å². The van der Waals surface area contributed by atoms with Crippen LogP contribution in [0.5, 0.6) is 5.75 Å². The number of aryl methyl sites for hydroxylation is 1. The van der Waals surface area contributed by atoms with Crippen molar-refractivity contribution in [3.8, 4) is 5.75 Å². The highest BCUT2D eigenvalue weighted by atomic mass is 19.1. The van der Waals surface area contributed by atoms with Crippen LogP contribution < -0.4 is 4.74 Å². The lowest BCUT2D eigenvalue weighted by molar-refractivity contribution is -0.139. The fourth-order valence-corrected chi connectivity index (χ4v) is 5.47. The number of hydrogen-bond donors (Lipinski definition) is 1. The second-order valence-corrected chi connectivity index (χ2v) is 9.85. The monoisotopic (exact) mass is 493 g/mol. The number of hydrogen-bond acceptors (Lipinski definition) is 5. The summed E-state index contributed by atoms with van der Waals surface area (Å²) in [4.78, 5) is 22.5. The Hall–Kier alpha value is -3.06. The van der Waals surface area contributed by atoms with E-state index < -0.39 is 12.1 Å². The number of likely N-dealkylation sites (tertiary alicyclic amines) is 1. The molecule has 1 unspecified atom stereocenters. The maximum Gasteiger partial charge on any atom is 0.303 e. The molecule has 4 rings (SSSR count). The predicted molar refractivity (Wildman–Crippen MR) is 139 cm³/mol. The third-order valence-corrected chi connectivity index (χ3v) is 7.44. The second kappa shape index (κ2) is 12.8. The number of aliphatic carboxylic acids is 1. The quantitative estimate of drug-likeness (QED) is 0.318. The SMILES string of the molecule is COc1ccc2nccc(C(F)CC[C@@H]3CCN(CCCCc4cccnc4)C[C@@H]3CC(=O)O)c2c1. The number of carboxylic acid groups (broad SMARTS) is 1. The van der Waals surface area contributed by atoms with E-state index in [1.807, 2.05) is 30.5 Å². The highest BCUT2D eigenvalue weighted by Gasteiger charge is 2.31. The van der Waals surface area contributed by atoms with Crippen molar-refractivity contribution in [2.45, 2.75) is 51.1 Å². The number of aromatic nitrogens is 2. The van der Waals surface area contributed by atoms with Crippen molar-refractivity contribution in [2.75, 3.05) is 26.7 Å². The van der Waals surface area contributed by atoms with Crippen LogP contribution in [0.25, 0.3) is 10.9 Å². The number of methoxy groups -OCH3 is 1. The van der Waals surface area contributed by atoms with Gasteiger partial charge in [0.05, 0.1) is 12.6 Å². The van der Waals surface area contributed by atoms with Gasteiger partial charge in [-0.1, -0.05) is 6.07 Å². The highest BCUT2D eigenvalue weighted by Crippen LogP contribution is 2.36. The van der Waals surface area contributed by atoms with E-state index in [4.69, 9.17) is 4.74 Å². The van der Waals surface area contributed by atoms with Gasteiger partial charge in [0, 0.05) is 36.9 Å². The zero-order chi connectivity index (χ0) is 25.3. The summed E-state index contributed by atoms with van der Waals surface area (Å²) in [7, 11) is 1.60. The Labute approximate surface area is 212 Å². The van der Waals surface area contributed by atoms with Gasteiger partial charge in [0.25, 0.3) is 0 Å². The molecule has 0 spiro atoms. The average Bonchev–Trinajstić information content (AvgIpc) is 2.90. The molecule has 192 valence electrons. The number of rotatable bonds is 12. The van der Waals surface area contributed by atoms with Gasteiger partial charge in [-0.15, -0.1) is 0 Å². The van der Waals surface area contributed by atoms with Gasteiger partial charge in [0.1, 0.15) is 11.9 Å². The van der Waals surface area contributed by atoms with E-state index in [-0.39, 0.29) is 18.3 Å². The maximum absolute atomic E-state index is 15.5. The Morgan fingerprint density at radius 3 is 2.89 bits per heavy atom. The Morgan fingerprint density at radius 2 is 2.11 bits per heavy atom. The molecule has 1 fully saturated rings. The molecule has 0 aliphatic carbocycles. The topological polar surface area (TPSA) is 75.5 Å². The first-order valence-corrected chi connectivity index (χ1v) is 12.9. The van der Waals surface area contributed by atoms with Crippen molar-refractivity contribution >= 4 is 16.9 Å². The number of benzene rings is 1. The first kappa shape index (κ1) is 26.0. The lowest BCUT2D eigenvalue weighted by Gasteiger charge is -2.38. The summed E-state index contributed by atoms with van der Waals surface area (Å²) in [6.07, 6.45) is 9.51. The van der Waals surface area contributed by atoms with E-state index in [1.165, 1.54) is 5.56 Å². The maximum atomic E-state index is 15.5. The van der Waals surface area contributed by atoms with Crippen LogP contribution in [0.15, 0.2) is 55.0 Å². The van der Waals surface area contributed by atoms with E-state index in [0.29, 0.717) is 24.2 Å². The minimum Gasteiger partial charge on any atom is -0.497 e. The van der Waals surface area contributed by atoms with Crippen LogP contribution in [0.2, 0.25) is 0 Å². The number of alkyl halides is 1. The Morgan fingerprint density at radius 1 is 1.22 bits per heavy atom. The third kappa shape index (κ3) is 7.00. The second-order valence-electron chi connectivity index (χ2n) is 9.85. The molecule has 6 nitrogen and oxygen atoms in total. The molecule has 1 N–H and O–H groups in total. The zero-order valence-corrected chi connectivity index (χ0v) is 21.0. The Bertz CT molecular complexity index is 1130. The molecule has 1 aromatic carbocycles. The number of piperidine rings is 1. The number of carboxylic acids is 1. The molecular formula is C29H36FN3O3. The fraction of sp³-hybridized carbons (Fsp3) is 0.483. The fourth-order valence-electron chi connectivity index (χ4n) is 5.47. The molecule has 0 amide bonds. The van der Waals surface area contributed by atoms with Gasteiger partial charge < -0.3 is 14.7 Å². The summed E-state index contributed by atoms with van der Waals surface area (Å²) in [5.74, 6) is 0.176. The van der Waals surface area contributed by atoms with Gasteiger partial charge in [-0.25, -0.2) is 4.39 Å². The lowest BCUT2D eigenvalue weighted by Crippen LogP contribution is -2.41. The van der Waals surface area contributed by atoms with E-state index in [1.54, 1.807) is 25.6 Å². The first-order chi connectivity index (χ1) is 17.5. The van der Waals surface area contributed by atoms with Gasteiger partial charge in [0.2, 0.25) is 0 Å². The van der Waals surface area contributed by atoms with E-state index >= 15 is 4.39 Å². The van der Waals surface area contributed by atoms with Crippen LogP contribution >= 0.6 is 0 Å². The minimum atomic E-state index is -1.13. The molecule has 0 saturated carbocycles. The molecule has 3 heterocycles. The van der Waals surface area contributed by atoms with Crippen LogP contribution in [0.3, 0.4) is 0 Å². The molecule has 0 radical (unpaired) electrons. The number of fused-ring (bicyclic) bond motifs is 1. The molecule has 1 aliphatic heterocycles. The zero-order valence-electron chi connectivity index (χ0n) is 21.0. The number of carbonyl (C=O) groups is 1. The summed E-state index contributed by atoms with van der Waals surface area (Å²) in [6, 6.07) is 11.3. The van der Waals surface area contributed by atoms with Crippen molar-refractivity contribution in [1.29, 1.82) is 0 Å². The van der Waals surface area contributed by atoms with Crippen molar-refractivity contribution in [2.24, 2.45) is 11.8 Å². The lowest BCUT2D eigenvalue weighted by atomic mass is 9.79. The number of ether oxygens (including phenoxy) is 1. The largest absolute Gasteiger partial charge is 0.497 e. The normalized spacial score (nSPS) is 19.3. The molecule has 3 atom stereocenters. The van der Waals surface area contributed by atoms with E-state index in [9.17, 15) is 9.90 Å². The average molecular weight is 494 g/mol. The van der Waals surface area contributed by atoms with Gasteiger partial charge in [-0.05, 0) is 105 Å². The minimum absolute atomic E-state index is 0.0519. The first-order valence-electron chi connectivity index (χ1n) is 12.9. The number of halogens is 1. The van der Waals surface area contributed by atoms with Crippen molar-refractivity contribution in [3.63, 3.8) is 0 Å².